The summed E-state index contributed by atoms with van der Waals surface area (Å²) in [6, 6.07) is 67.7. The van der Waals surface area contributed by atoms with E-state index in [9.17, 15) is 0 Å². The molecule has 230 valence electrons. The molecule has 50 heavy (non-hydrogen) atoms. The number of benzene rings is 11. The minimum absolute atomic E-state index is 1.24. The van der Waals surface area contributed by atoms with E-state index in [1.807, 2.05) is 0 Å². The van der Waals surface area contributed by atoms with Crippen LogP contribution in [0.5, 0.6) is 0 Å². The molecule has 0 aliphatic heterocycles. The minimum atomic E-state index is 1.24. The van der Waals surface area contributed by atoms with Crippen LogP contribution >= 0.6 is 0 Å². The molecule has 11 rings (SSSR count). The van der Waals surface area contributed by atoms with Crippen LogP contribution in [0.15, 0.2) is 182 Å². The van der Waals surface area contributed by atoms with E-state index in [0.717, 1.165) is 0 Å². The van der Waals surface area contributed by atoms with Crippen LogP contribution in [0.4, 0.5) is 0 Å². The Balaban J connectivity index is 1.09. The summed E-state index contributed by atoms with van der Waals surface area (Å²) in [5.41, 5.74) is 5.04. The average molecular weight is 631 g/mol. The summed E-state index contributed by atoms with van der Waals surface area (Å²) in [6.07, 6.45) is 0. The molecule has 0 heterocycles. The molecule has 11 aromatic rings. The van der Waals surface area contributed by atoms with E-state index >= 15 is 0 Å². The lowest BCUT2D eigenvalue weighted by Crippen LogP contribution is -1.88. The zero-order valence-electron chi connectivity index (χ0n) is 27.3. The molecule has 0 aliphatic carbocycles. The van der Waals surface area contributed by atoms with Gasteiger partial charge in [0, 0.05) is 0 Å². The van der Waals surface area contributed by atoms with Gasteiger partial charge in [0.1, 0.15) is 0 Å². The van der Waals surface area contributed by atoms with Crippen LogP contribution < -0.4 is 0 Å². The lowest BCUT2D eigenvalue weighted by atomic mass is 9.89. The van der Waals surface area contributed by atoms with Gasteiger partial charge >= 0.3 is 0 Å². The maximum Gasteiger partial charge on any atom is -0.00928 e. The summed E-state index contributed by atoms with van der Waals surface area (Å²) in [5.74, 6) is 0. The molecule has 0 unspecified atom stereocenters. The van der Waals surface area contributed by atoms with Crippen molar-refractivity contribution in [2.45, 2.75) is 0 Å². The van der Waals surface area contributed by atoms with E-state index in [4.69, 9.17) is 0 Å². The molecule has 0 radical (unpaired) electrons. The first-order valence-electron chi connectivity index (χ1n) is 17.4. The van der Waals surface area contributed by atoms with Gasteiger partial charge in [0.15, 0.2) is 0 Å². The molecule has 0 bridgehead atoms. The van der Waals surface area contributed by atoms with E-state index in [0.29, 0.717) is 0 Å². The largest absolute Gasteiger partial charge is 0.0616 e. The monoisotopic (exact) mass is 630 g/mol. The Kier molecular flexibility index (Phi) is 5.76. The van der Waals surface area contributed by atoms with Crippen molar-refractivity contribution in [1.82, 2.24) is 0 Å². The van der Waals surface area contributed by atoms with Crippen molar-refractivity contribution in [3.8, 4) is 22.3 Å². The predicted octanol–water partition coefficient (Wildman–Crippen LogP) is 14.2. The Morgan fingerprint density at radius 1 is 0.180 bits per heavy atom. The molecule has 0 saturated heterocycles. The molecule has 0 nitrogen and oxygen atoms in total. The van der Waals surface area contributed by atoms with Crippen LogP contribution in [0.2, 0.25) is 0 Å². The number of fused-ring (bicyclic) bond motifs is 12. The Morgan fingerprint density at radius 3 is 1.00 bits per heavy atom. The zero-order valence-corrected chi connectivity index (χ0v) is 27.3. The van der Waals surface area contributed by atoms with E-state index in [1.165, 1.54) is 108 Å². The van der Waals surface area contributed by atoms with Gasteiger partial charge in [-0.2, -0.15) is 0 Å². The van der Waals surface area contributed by atoms with Crippen molar-refractivity contribution in [2.75, 3.05) is 0 Å². The molecule has 0 spiro atoms. The fourth-order valence-corrected chi connectivity index (χ4v) is 8.53. The Bertz CT molecular complexity index is 2980. The third-order valence-electron chi connectivity index (χ3n) is 11.0. The highest BCUT2D eigenvalue weighted by Gasteiger charge is 2.14. The normalized spacial score (nSPS) is 12.0. The Hall–Kier alpha value is -6.50. The number of rotatable bonds is 2. The van der Waals surface area contributed by atoms with Gasteiger partial charge in [-0.05, 0) is 145 Å². The summed E-state index contributed by atoms with van der Waals surface area (Å²) in [6.45, 7) is 0. The van der Waals surface area contributed by atoms with E-state index in [-0.39, 0.29) is 0 Å². The Morgan fingerprint density at radius 2 is 0.540 bits per heavy atom. The third-order valence-corrected chi connectivity index (χ3v) is 11.0. The zero-order chi connectivity index (χ0) is 32.8. The predicted molar refractivity (Wildman–Crippen MR) is 217 cm³/mol. The third kappa shape index (κ3) is 4.06. The first-order chi connectivity index (χ1) is 24.8. The van der Waals surface area contributed by atoms with Gasteiger partial charge in [-0.3, -0.25) is 0 Å². The van der Waals surface area contributed by atoms with Crippen molar-refractivity contribution >= 4 is 86.2 Å². The molecule has 11 aromatic carbocycles. The van der Waals surface area contributed by atoms with Gasteiger partial charge in [0.25, 0.3) is 0 Å². The van der Waals surface area contributed by atoms with E-state index in [2.05, 4.69) is 182 Å². The molecule has 0 fully saturated rings. The molecule has 0 amide bonds. The van der Waals surface area contributed by atoms with Crippen LogP contribution in [0.3, 0.4) is 0 Å². The summed E-state index contributed by atoms with van der Waals surface area (Å²) in [5, 5.41) is 20.5. The van der Waals surface area contributed by atoms with Crippen LogP contribution in [-0.2, 0) is 0 Å². The molecular formula is C50H30. The quantitative estimate of drug-likeness (QED) is 0.132. The summed E-state index contributed by atoms with van der Waals surface area (Å²) < 4.78 is 0. The van der Waals surface area contributed by atoms with Gasteiger partial charge in [-0.15, -0.1) is 0 Å². The van der Waals surface area contributed by atoms with Crippen LogP contribution in [0.1, 0.15) is 0 Å². The second-order valence-electron chi connectivity index (χ2n) is 13.7. The summed E-state index contributed by atoms with van der Waals surface area (Å²) in [4.78, 5) is 0. The molecule has 0 aliphatic rings. The molecule has 0 saturated carbocycles. The number of hydrogen-bond acceptors (Lipinski definition) is 0. The second-order valence-corrected chi connectivity index (χ2v) is 13.7. The SMILES string of the molecule is c1ccc2c(c1)ccc1c3ccccc3c(-c3ccc4cc5cc(-c6cc7c8ccccc8ccc7c7ccccc67)ccc5cc4c3)cc21. The van der Waals surface area contributed by atoms with Gasteiger partial charge in [-0.25, -0.2) is 0 Å². The highest BCUT2D eigenvalue weighted by Crippen LogP contribution is 2.41. The molecule has 0 heteroatoms. The average Bonchev–Trinajstić information content (AvgIpc) is 3.18. The van der Waals surface area contributed by atoms with Gasteiger partial charge in [0.05, 0.1) is 0 Å². The fourth-order valence-electron chi connectivity index (χ4n) is 8.53. The van der Waals surface area contributed by atoms with Crippen LogP contribution in [0.25, 0.3) is 108 Å². The fraction of sp³-hybridized carbons (Fsp3) is 0. The first-order valence-corrected chi connectivity index (χ1v) is 17.4. The van der Waals surface area contributed by atoms with Crippen molar-refractivity contribution < 1.29 is 0 Å². The standard InChI is InChI=1S/C50H30/c1-3-11-39-31(9-1)21-23-45-41-13-5-7-15-43(41)47(29-49(39)45)35-19-17-33-26-38-28-36(20-18-34(38)25-37(33)27-35)48-30-50-40-12-4-2-10-32(40)22-24-46(50)42-14-6-8-16-44(42)48/h1-30H. The summed E-state index contributed by atoms with van der Waals surface area (Å²) in [7, 11) is 0. The van der Waals surface area contributed by atoms with Crippen LogP contribution in [0, 0.1) is 0 Å². The Labute approximate surface area is 289 Å². The van der Waals surface area contributed by atoms with Crippen molar-refractivity contribution in [3.63, 3.8) is 0 Å². The molecule has 0 N–H and O–H groups in total. The lowest BCUT2D eigenvalue weighted by Gasteiger charge is -2.15. The minimum Gasteiger partial charge on any atom is -0.0616 e. The van der Waals surface area contributed by atoms with Gasteiger partial charge in [-0.1, -0.05) is 146 Å². The van der Waals surface area contributed by atoms with Gasteiger partial charge < -0.3 is 0 Å². The molecule has 0 atom stereocenters. The van der Waals surface area contributed by atoms with Gasteiger partial charge in [0.2, 0.25) is 0 Å². The van der Waals surface area contributed by atoms with Crippen molar-refractivity contribution in [3.05, 3.63) is 182 Å². The van der Waals surface area contributed by atoms with E-state index in [1.54, 1.807) is 0 Å². The highest BCUT2D eigenvalue weighted by atomic mass is 14.2. The summed E-state index contributed by atoms with van der Waals surface area (Å²) >= 11 is 0. The van der Waals surface area contributed by atoms with E-state index < -0.39 is 0 Å². The molecule has 0 aromatic heterocycles. The topological polar surface area (TPSA) is 0 Å². The van der Waals surface area contributed by atoms with Crippen molar-refractivity contribution in [1.29, 1.82) is 0 Å². The maximum absolute atomic E-state index is 2.41. The smallest absolute Gasteiger partial charge is 0.00928 e. The number of hydrogen-bond donors (Lipinski definition) is 0. The first kappa shape index (κ1) is 27.5. The second kappa shape index (κ2) is 10.5. The lowest BCUT2D eigenvalue weighted by molar-refractivity contribution is 1.70. The highest BCUT2D eigenvalue weighted by molar-refractivity contribution is 6.22. The van der Waals surface area contributed by atoms with Crippen molar-refractivity contribution in [2.24, 2.45) is 0 Å². The maximum atomic E-state index is 2.41. The molecular weight excluding hydrogens is 601 g/mol. The van der Waals surface area contributed by atoms with Crippen LogP contribution in [-0.4, -0.2) is 0 Å².